The van der Waals surface area contributed by atoms with Crippen LogP contribution in [0.4, 0.5) is 0 Å². The van der Waals surface area contributed by atoms with Gasteiger partial charge in [0.1, 0.15) is 0 Å². The Hall–Kier alpha value is -1.56. The molecule has 0 amide bonds. The lowest BCUT2D eigenvalue weighted by Crippen LogP contribution is -2.55. The van der Waals surface area contributed by atoms with Crippen LogP contribution in [-0.2, 0) is 5.41 Å². The van der Waals surface area contributed by atoms with Crippen LogP contribution < -0.4 is 0 Å². The SMILES string of the molecule is CC(C)C12CC3=CC=CC=C(c4ccccc41)C32C. The van der Waals surface area contributed by atoms with E-state index in [0.717, 1.165) is 0 Å². The zero-order chi connectivity index (χ0) is 13.3. The third-order valence-electron chi connectivity index (χ3n) is 5.90. The zero-order valence-electron chi connectivity index (χ0n) is 11.9. The van der Waals surface area contributed by atoms with E-state index in [-0.39, 0.29) is 5.41 Å². The highest BCUT2D eigenvalue weighted by Gasteiger charge is 2.67. The highest BCUT2D eigenvalue weighted by Crippen LogP contribution is 2.74. The van der Waals surface area contributed by atoms with Gasteiger partial charge in [-0.25, -0.2) is 0 Å². The Bertz CT molecular complexity index is 656. The molecule has 0 heterocycles. The summed E-state index contributed by atoms with van der Waals surface area (Å²) < 4.78 is 0. The van der Waals surface area contributed by atoms with Crippen LogP contribution in [-0.4, -0.2) is 0 Å². The van der Waals surface area contributed by atoms with Gasteiger partial charge in [-0.05, 0) is 29.0 Å². The summed E-state index contributed by atoms with van der Waals surface area (Å²) in [6, 6.07) is 9.05. The molecule has 1 fully saturated rings. The van der Waals surface area contributed by atoms with E-state index in [1.165, 1.54) is 17.6 Å². The van der Waals surface area contributed by atoms with Crippen molar-refractivity contribution in [2.24, 2.45) is 11.3 Å². The summed E-state index contributed by atoms with van der Waals surface area (Å²) in [5.74, 6) is 0.666. The van der Waals surface area contributed by atoms with E-state index in [1.54, 1.807) is 11.1 Å². The van der Waals surface area contributed by atoms with Crippen LogP contribution in [0.15, 0.2) is 54.1 Å². The summed E-state index contributed by atoms with van der Waals surface area (Å²) >= 11 is 0. The quantitative estimate of drug-likeness (QED) is 0.664. The lowest BCUT2D eigenvalue weighted by atomic mass is 9.43. The van der Waals surface area contributed by atoms with Gasteiger partial charge in [0.05, 0.1) is 0 Å². The second-order valence-corrected chi connectivity index (χ2v) is 6.63. The van der Waals surface area contributed by atoms with Crippen LogP contribution in [0.2, 0.25) is 0 Å². The first-order valence-corrected chi connectivity index (χ1v) is 7.31. The van der Waals surface area contributed by atoms with Crippen LogP contribution in [0.1, 0.15) is 38.3 Å². The minimum absolute atomic E-state index is 0.217. The molecule has 0 N–H and O–H groups in total. The molecule has 2 unspecified atom stereocenters. The highest BCUT2D eigenvalue weighted by molar-refractivity contribution is 5.88. The van der Waals surface area contributed by atoms with E-state index < -0.39 is 0 Å². The maximum Gasteiger partial charge on any atom is 0.0245 e. The maximum atomic E-state index is 2.46. The molecule has 0 heteroatoms. The van der Waals surface area contributed by atoms with Crippen molar-refractivity contribution in [3.05, 3.63) is 65.3 Å². The molecule has 1 saturated carbocycles. The average Bonchev–Trinajstić information content (AvgIpc) is 2.48. The molecule has 1 aromatic rings. The van der Waals surface area contributed by atoms with Gasteiger partial charge < -0.3 is 0 Å². The van der Waals surface area contributed by atoms with E-state index >= 15 is 0 Å². The van der Waals surface area contributed by atoms with Gasteiger partial charge in [0.25, 0.3) is 0 Å². The summed E-state index contributed by atoms with van der Waals surface area (Å²) in [5, 5.41) is 0. The largest absolute Gasteiger partial charge is 0.0623 e. The third-order valence-corrected chi connectivity index (χ3v) is 5.90. The van der Waals surface area contributed by atoms with Gasteiger partial charge in [0.2, 0.25) is 0 Å². The fourth-order valence-corrected chi connectivity index (χ4v) is 4.89. The van der Waals surface area contributed by atoms with Crippen LogP contribution in [0.3, 0.4) is 0 Å². The zero-order valence-corrected chi connectivity index (χ0v) is 11.9. The van der Waals surface area contributed by atoms with E-state index in [2.05, 4.69) is 69.3 Å². The molecule has 3 aliphatic carbocycles. The first-order chi connectivity index (χ1) is 9.12. The number of fused-ring (bicyclic) bond motifs is 3. The van der Waals surface area contributed by atoms with E-state index in [9.17, 15) is 0 Å². The molecule has 2 atom stereocenters. The molecule has 0 radical (unpaired) electrons. The van der Waals surface area contributed by atoms with Gasteiger partial charge in [-0.2, -0.15) is 0 Å². The fourth-order valence-electron chi connectivity index (χ4n) is 4.89. The number of benzene rings is 1. The molecule has 0 aliphatic heterocycles. The molecule has 96 valence electrons. The standard InChI is InChI=1S/C19H20/c1-13(2)19-12-14-8-4-6-10-16(18(14,19)3)15-9-5-7-11-17(15)19/h4-11,13H,12H2,1-3H3. The van der Waals surface area contributed by atoms with Crippen molar-refractivity contribution in [3.8, 4) is 0 Å². The Morgan fingerprint density at radius 2 is 1.79 bits per heavy atom. The monoisotopic (exact) mass is 248 g/mol. The summed E-state index contributed by atoms with van der Waals surface area (Å²) in [4.78, 5) is 0. The van der Waals surface area contributed by atoms with Crippen molar-refractivity contribution in [3.63, 3.8) is 0 Å². The van der Waals surface area contributed by atoms with Gasteiger partial charge in [-0.15, -0.1) is 0 Å². The highest BCUT2D eigenvalue weighted by atomic mass is 14.7. The van der Waals surface area contributed by atoms with E-state index in [1.807, 2.05) is 0 Å². The number of hydrogen-bond acceptors (Lipinski definition) is 0. The van der Waals surface area contributed by atoms with Crippen molar-refractivity contribution in [2.45, 2.75) is 32.6 Å². The fraction of sp³-hybridized carbons (Fsp3) is 0.368. The molecule has 0 nitrogen and oxygen atoms in total. The van der Waals surface area contributed by atoms with Gasteiger partial charge in [-0.3, -0.25) is 0 Å². The summed E-state index contributed by atoms with van der Waals surface area (Å²) in [5.41, 5.74) is 6.72. The van der Waals surface area contributed by atoms with Gasteiger partial charge >= 0.3 is 0 Å². The Kier molecular flexibility index (Phi) is 1.96. The van der Waals surface area contributed by atoms with E-state index in [4.69, 9.17) is 0 Å². The minimum Gasteiger partial charge on any atom is -0.0623 e. The van der Waals surface area contributed by atoms with Gasteiger partial charge in [-0.1, -0.05) is 74.9 Å². The third kappa shape index (κ3) is 1.00. The Morgan fingerprint density at radius 1 is 1.05 bits per heavy atom. The first-order valence-electron chi connectivity index (χ1n) is 7.31. The molecule has 3 aliphatic rings. The number of allylic oxidation sites excluding steroid dienone is 6. The van der Waals surface area contributed by atoms with Crippen LogP contribution >= 0.6 is 0 Å². The molecular weight excluding hydrogens is 228 g/mol. The van der Waals surface area contributed by atoms with Gasteiger partial charge in [0.15, 0.2) is 0 Å². The normalized spacial score (nSPS) is 34.1. The molecule has 0 bridgehead atoms. The predicted octanol–water partition coefficient (Wildman–Crippen LogP) is 4.88. The predicted molar refractivity (Wildman–Crippen MR) is 80.9 cm³/mol. The molecule has 1 aromatic carbocycles. The summed E-state index contributed by atoms with van der Waals surface area (Å²) in [7, 11) is 0. The maximum absolute atomic E-state index is 2.46. The van der Waals surface area contributed by atoms with Crippen molar-refractivity contribution in [1.29, 1.82) is 0 Å². The smallest absolute Gasteiger partial charge is 0.0245 e. The van der Waals surface area contributed by atoms with Crippen LogP contribution in [0, 0.1) is 11.3 Å². The number of hydrogen-bond donors (Lipinski definition) is 0. The molecular formula is C19H20. The van der Waals surface area contributed by atoms with Crippen LogP contribution in [0.5, 0.6) is 0 Å². The second-order valence-electron chi connectivity index (χ2n) is 6.63. The summed E-state index contributed by atoms with van der Waals surface area (Å²) in [6.07, 6.45) is 10.3. The van der Waals surface area contributed by atoms with Crippen molar-refractivity contribution < 1.29 is 0 Å². The lowest BCUT2D eigenvalue weighted by Gasteiger charge is -2.59. The van der Waals surface area contributed by atoms with Crippen molar-refractivity contribution in [1.82, 2.24) is 0 Å². The topological polar surface area (TPSA) is 0 Å². The van der Waals surface area contributed by atoms with E-state index in [0.29, 0.717) is 11.3 Å². The molecule has 4 rings (SSSR count). The van der Waals surface area contributed by atoms with Crippen molar-refractivity contribution in [2.75, 3.05) is 0 Å². The lowest BCUT2D eigenvalue weighted by molar-refractivity contribution is 0.108. The Morgan fingerprint density at radius 3 is 2.58 bits per heavy atom. The van der Waals surface area contributed by atoms with Gasteiger partial charge in [0, 0.05) is 10.8 Å². The first kappa shape index (κ1) is 11.3. The molecule has 0 aromatic heterocycles. The molecule has 19 heavy (non-hydrogen) atoms. The average molecular weight is 248 g/mol. The number of rotatable bonds is 1. The Labute approximate surface area is 115 Å². The van der Waals surface area contributed by atoms with Crippen molar-refractivity contribution >= 4 is 5.57 Å². The second kappa shape index (κ2) is 3.30. The minimum atomic E-state index is 0.217. The molecule has 0 spiro atoms. The molecule has 0 saturated heterocycles. The Balaban J connectivity index is 2.11. The van der Waals surface area contributed by atoms with Crippen LogP contribution in [0.25, 0.3) is 5.57 Å². The summed E-state index contributed by atoms with van der Waals surface area (Å²) in [6.45, 7) is 7.24.